The van der Waals surface area contributed by atoms with Gasteiger partial charge in [-0.05, 0) is 55.2 Å². The summed E-state index contributed by atoms with van der Waals surface area (Å²) in [5.74, 6) is -1.60. The molecule has 6 rings (SSSR count). The Bertz CT molecular complexity index is 1670. The van der Waals surface area contributed by atoms with Crippen LogP contribution in [-0.2, 0) is 16.1 Å². The van der Waals surface area contributed by atoms with Crippen LogP contribution in [0.2, 0.25) is 0 Å². The van der Waals surface area contributed by atoms with Crippen LogP contribution in [0.1, 0.15) is 44.7 Å². The third-order valence-corrected chi connectivity index (χ3v) is 8.70. The number of carbonyl (C=O) groups is 2. The summed E-state index contributed by atoms with van der Waals surface area (Å²) in [6.45, 7) is 5.30. The summed E-state index contributed by atoms with van der Waals surface area (Å²) in [4.78, 5) is 54.8. The van der Waals surface area contributed by atoms with Crippen LogP contribution in [0, 0.1) is 11.3 Å². The number of para-hydroxylation sites is 2. The van der Waals surface area contributed by atoms with Crippen molar-refractivity contribution < 1.29 is 14.7 Å². The first-order chi connectivity index (χ1) is 17.7. The van der Waals surface area contributed by atoms with Crippen molar-refractivity contribution in [2.75, 3.05) is 0 Å². The predicted molar refractivity (Wildman–Crippen MR) is 137 cm³/mol. The normalized spacial score (nSPS) is 26.9. The molecule has 37 heavy (non-hydrogen) atoms. The number of hydrogen-bond donors (Lipinski definition) is 1. The number of aromatic nitrogens is 3. The van der Waals surface area contributed by atoms with Crippen LogP contribution in [0.3, 0.4) is 0 Å². The van der Waals surface area contributed by atoms with Crippen molar-refractivity contribution in [2.45, 2.75) is 45.7 Å². The van der Waals surface area contributed by atoms with Crippen molar-refractivity contribution in [2.24, 2.45) is 11.3 Å². The number of phenolic OH excluding ortho intramolecular Hbond substituents is 1. The van der Waals surface area contributed by atoms with Crippen molar-refractivity contribution >= 4 is 11.6 Å². The molecule has 0 amide bonds. The van der Waals surface area contributed by atoms with E-state index in [0.29, 0.717) is 22.4 Å². The number of nitrogens with zero attached hydrogens (tertiary/aromatic N) is 3. The Hall–Kier alpha value is -4.20. The highest BCUT2D eigenvalue weighted by molar-refractivity contribution is 6.15. The van der Waals surface area contributed by atoms with Gasteiger partial charge < -0.3 is 5.11 Å². The number of aromatic hydroxyl groups is 1. The van der Waals surface area contributed by atoms with Crippen LogP contribution < -0.4 is 11.4 Å². The van der Waals surface area contributed by atoms with Crippen molar-refractivity contribution in [1.82, 2.24) is 13.9 Å². The van der Waals surface area contributed by atoms with Gasteiger partial charge in [-0.15, -0.1) is 0 Å². The molecule has 4 atom stereocenters. The Balaban J connectivity index is 1.62. The summed E-state index contributed by atoms with van der Waals surface area (Å²) in [5.41, 5.74) is 0.523. The molecule has 3 aliphatic rings. The molecule has 3 aromatic rings. The standard InChI is InChI=1S/C29H27N3O5/c1-16-17(2)26(35)29(3)21(25(16)34)15-22-19(24(29)20-11-7-8-12-23(20)33)13-14-30-27(36)31(28(37)32(22)30)18-9-5-4-6-10-18/h4-13,21-22,24,33H,14-15H2,1-3H3/t21-,22+,24+,29+/m0/s1. The van der Waals surface area contributed by atoms with Gasteiger partial charge in [0.25, 0.3) is 0 Å². The number of carbonyl (C=O) groups excluding carboxylic acids is 2. The second-order valence-electron chi connectivity index (χ2n) is 10.4. The minimum Gasteiger partial charge on any atom is -0.508 e. The molecule has 1 aliphatic heterocycles. The highest BCUT2D eigenvalue weighted by Gasteiger charge is 2.60. The molecule has 8 heteroatoms. The quantitative estimate of drug-likeness (QED) is 0.548. The number of phenols is 1. The Morgan fingerprint density at radius 3 is 2.27 bits per heavy atom. The van der Waals surface area contributed by atoms with Gasteiger partial charge in [0, 0.05) is 17.4 Å². The Morgan fingerprint density at radius 1 is 0.892 bits per heavy atom. The number of fused-ring (bicyclic) bond motifs is 4. The fourth-order valence-electron chi connectivity index (χ4n) is 6.71. The Morgan fingerprint density at radius 2 is 1.57 bits per heavy atom. The zero-order chi connectivity index (χ0) is 26.2. The Labute approximate surface area is 212 Å². The molecule has 0 spiro atoms. The molecule has 0 bridgehead atoms. The van der Waals surface area contributed by atoms with E-state index in [2.05, 4.69) is 0 Å². The summed E-state index contributed by atoms with van der Waals surface area (Å²) in [6, 6.07) is 14.9. The van der Waals surface area contributed by atoms with Crippen molar-refractivity contribution in [3.63, 3.8) is 0 Å². The first-order valence-corrected chi connectivity index (χ1v) is 12.4. The second kappa shape index (κ2) is 7.90. The lowest BCUT2D eigenvalue weighted by Crippen LogP contribution is -2.55. The summed E-state index contributed by atoms with van der Waals surface area (Å²) in [5, 5.41) is 10.9. The molecule has 1 saturated carbocycles. The van der Waals surface area contributed by atoms with Gasteiger partial charge in [0.1, 0.15) is 5.75 Å². The SMILES string of the molecule is CC1=C(C)C(=O)[C@@]2(C)[C@@H](c3ccccc3O)C3=CCn4c(=O)n(-c5ccccc5)c(=O)n4[C@@H]3C[C@H]2C1=O. The molecule has 2 aromatic carbocycles. The summed E-state index contributed by atoms with van der Waals surface area (Å²) >= 11 is 0. The van der Waals surface area contributed by atoms with E-state index in [1.54, 1.807) is 62.4 Å². The van der Waals surface area contributed by atoms with E-state index >= 15 is 0 Å². The molecule has 1 N–H and O–H groups in total. The van der Waals surface area contributed by atoms with Gasteiger partial charge in [-0.2, -0.15) is 0 Å². The average Bonchev–Trinajstić information content (AvgIpc) is 3.16. The maximum absolute atomic E-state index is 13.9. The van der Waals surface area contributed by atoms with E-state index in [1.165, 1.54) is 9.36 Å². The molecular weight excluding hydrogens is 470 g/mol. The predicted octanol–water partition coefficient (Wildman–Crippen LogP) is 3.29. The number of Topliss-reactive ketones (excluding diaryl/α,β-unsaturated/α-hetero) is 2. The van der Waals surface area contributed by atoms with E-state index < -0.39 is 34.7 Å². The van der Waals surface area contributed by atoms with Crippen LogP contribution in [0.5, 0.6) is 5.75 Å². The van der Waals surface area contributed by atoms with Crippen LogP contribution in [0.25, 0.3) is 5.69 Å². The zero-order valence-electron chi connectivity index (χ0n) is 20.8. The minimum atomic E-state index is -1.14. The molecule has 1 aromatic heterocycles. The first-order valence-electron chi connectivity index (χ1n) is 12.4. The largest absolute Gasteiger partial charge is 0.508 e. The number of allylic oxidation sites excluding steroid dienone is 4. The molecular formula is C29H27N3O5. The maximum Gasteiger partial charge on any atom is 0.352 e. The van der Waals surface area contributed by atoms with Crippen molar-refractivity contribution in [3.05, 3.63) is 104 Å². The third kappa shape index (κ3) is 2.95. The van der Waals surface area contributed by atoms with E-state index in [0.717, 1.165) is 10.1 Å². The highest BCUT2D eigenvalue weighted by atomic mass is 16.3. The average molecular weight is 498 g/mol. The molecule has 188 valence electrons. The van der Waals surface area contributed by atoms with Crippen molar-refractivity contribution in [1.29, 1.82) is 0 Å². The van der Waals surface area contributed by atoms with Crippen LogP contribution in [0.4, 0.5) is 0 Å². The summed E-state index contributed by atoms with van der Waals surface area (Å²) < 4.78 is 3.98. The maximum atomic E-state index is 13.9. The molecule has 0 radical (unpaired) electrons. The van der Waals surface area contributed by atoms with Gasteiger partial charge in [0.2, 0.25) is 0 Å². The van der Waals surface area contributed by atoms with Crippen LogP contribution in [-0.4, -0.2) is 30.6 Å². The molecule has 8 nitrogen and oxygen atoms in total. The van der Waals surface area contributed by atoms with E-state index in [4.69, 9.17) is 0 Å². The molecule has 2 heterocycles. The zero-order valence-corrected chi connectivity index (χ0v) is 20.8. The van der Waals surface area contributed by atoms with Gasteiger partial charge in [0.05, 0.1) is 23.7 Å². The Kier molecular flexibility index (Phi) is 4.96. The summed E-state index contributed by atoms with van der Waals surface area (Å²) in [7, 11) is 0. The topological polar surface area (TPSA) is 103 Å². The van der Waals surface area contributed by atoms with E-state index in [-0.39, 0.29) is 30.3 Å². The minimum absolute atomic E-state index is 0.0235. The number of benzene rings is 2. The smallest absolute Gasteiger partial charge is 0.352 e. The van der Waals surface area contributed by atoms with Gasteiger partial charge in [-0.3, -0.25) is 9.59 Å². The van der Waals surface area contributed by atoms with Gasteiger partial charge in [-0.25, -0.2) is 23.5 Å². The summed E-state index contributed by atoms with van der Waals surface area (Å²) in [6.07, 6.45) is 2.09. The van der Waals surface area contributed by atoms with Crippen LogP contribution in [0.15, 0.2) is 87.0 Å². The van der Waals surface area contributed by atoms with Gasteiger partial charge >= 0.3 is 11.4 Å². The lowest BCUT2D eigenvalue weighted by atomic mass is 9.50. The monoisotopic (exact) mass is 497 g/mol. The first kappa shape index (κ1) is 23.2. The van der Waals surface area contributed by atoms with Gasteiger partial charge in [-0.1, -0.05) is 49.4 Å². The molecule has 0 unspecified atom stereocenters. The molecule has 2 aliphatic carbocycles. The lowest BCUT2D eigenvalue weighted by Gasteiger charge is -2.53. The van der Waals surface area contributed by atoms with Gasteiger partial charge in [0.15, 0.2) is 11.6 Å². The third-order valence-electron chi connectivity index (χ3n) is 8.70. The lowest BCUT2D eigenvalue weighted by molar-refractivity contribution is -0.140. The number of hydrogen-bond acceptors (Lipinski definition) is 5. The highest BCUT2D eigenvalue weighted by Crippen LogP contribution is 2.61. The molecule has 1 fully saturated rings. The number of ketones is 2. The number of rotatable bonds is 2. The van der Waals surface area contributed by atoms with Crippen molar-refractivity contribution in [3.8, 4) is 11.4 Å². The fourth-order valence-corrected chi connectivity index (χ4v) is 6.71. The van der Waals surface area contributed by atoms with E-state index in [1.807, 2.05) is 19.1 Å². The van der Waals surface area contributed by atoms with E-state index in [9.17, 15) is 24.3 Å². The second-order valence-corrected chi connectivity index (χ2v) is 10.4. The van der Waals surface area contributed by atoms with Crippen LogP contribution >= 0.6 is 0 Å². The molecule has 0 saturated heterocycles. The fraction of sp³-hybridized carbons (Fsp3) is 0.310.